The first-order valence-corrected chi connectivity index (χ1v) is 15.2. The second-order valence-corrected chi connectivity index (χ2v) is 12.3. The molecule has 0 bridgehead atoms. The normalized spacial score (nSPS) is 13.9. The predicted molar refractivity (Wildman–Crippen MR) is 149 cm³/mol. The molecule has 0 radical (unpaired) electrons. The standard InChI is InChI=1S/C30H29F5N2O6S/c1-2-13-36(44(42,43)29-27(34)25(32)24(31)26(33)28(29)35)16-23(39)37(20-11-12-21(30(40)41)22(38)14-20)15-17-7-9-19(10-8-17)18-5-3-4-6-18/h7-12,14,18,38H,2-6,13,15-16H2,1H3,(H,40,41). The van der Waals surface area contributed by atoms with Gasteiger partial charge in [0.15, 0.2) is 28.2 Å². The smallest absolute Gasteiger partial charge is 0.339 e. The predicted octanol–water partition coefficient (Wildman–Crippen LogP) is 6.08. The highest BCUT2D eigenvalue weighted by Gasteiger charge is 2.38. The summed E-state index contributed by atoms with van der Waals surface area (Å²) in [5.41, 5.74) is 1.17. The maximum Gasteiger partial charge on any atom is 0.339 e. The van der Waals surface area contributed by atoms with Crippen LogP contribution in [0.3, 0.4) is 0 Å². The van der Waals surface area contributed by atoms with Crippen molar-refractivity contribution < 1.29 is 50.2 Å². The van der Waals surface area contributed by atoms with Crippen LogP contribution in [0.2, 0.25) is 0 Å². The molecule has 1 aliphatic carbocycles. The summed E-state index contributed by atoms with van der Waals surface area (Å²) >= 11 is 0. The van der Waals surface area contributed by atoms with Crippen molar-refractivity contribution in [1.29, 1.82) is 0 Å². The van der Waals surface area contributed by atoms with Gasteiger partial charge in [-0.1, -0.05) is 44.0 Å². The number of nitrogens with zero attached hydrogens (tertiary/aromatic N) is 2. The molecule has 0 aliphatic heterocycles. The number of aromatic carboxylic acids is 1. The van der Waals surface area contributed by atoms with E-state index in [1.165, 1.54) is 13.0 Å². The number of carboxylic acids is 1. The van der Waals surface area contributed by atoms with Gasteiger partial charge in [0.05, 0.1) is 13.1 Å². The number of carbonyl (C=O) groups is 2. The van der Waals surface area contributed by atoms with Gasteiger partial charge < -0.3 is 15.1 Å². The van der Waals surface area contributed by atoms with Gasteiger partial charge in [0.1, 0.15) is 11.3 Å². The molecule has 44 heavy (non-hydrogen) atoms. The van der Waals surface area contributed by atoms with Crippen molar-refractivity contribution >= 4 is 27.6 Å². The number of hydrogen-bond acceptors (Lipinski definition) is 5. The van der Waals surface area contributed by atoms with Crippen LogP contribution in [0, 0.1) is 29.1 Å². The second kappa shape index (κ2) is 13.3. The van der Waals surface area contributed by atoms with Gasteiger partial charge in [-0.05, 0) is 48.4 Å². The number of benzene rings is 3. The molecule has 8 nitrogen and oxygen atoms in total. The molecule has 3 aromatic carbocycles. The topological polar surface area (TPSA) is 115 Å². The second-order valence-electron chi connectivity index (χ2n) is 10.4. The zero-order valence-electron chi connectivity index (χ0n) is 23.5. The third kappa shape index (κ3) is 6.55. The Bertz CT molecular complexity index is 1650. The molecule has 2 N–H and O–H groups in total. The molecule has 1 aliphatic rings. The lowest BCUT2D eigenvalue weighted by molar-refractivity contribution is -0.119. The summed E-state index contributed by atoms with van der Waals surface area (Å²) < 4.78 is 97.4. The SMILES string of the molecule is CCCN(CC(=O)N(Cc1ccc(C2CCCC2)cc1)c1ccc(C(=O)O)c(O)c1)S(=O)(=O)c1c(F)c(F)c(F)c(F)c1F. The van der Waals surface area contributed by atoms with E-state index in [1.54, 1.807) is 12.1 Å². The van der Waals surface area contributed by atoms with Gasteiger partial charge in [0.25, 0.3) is 0 Å². The van der Waals surface area contributed by atoms with Crippen molar-refractivity contribution in [2.45, 2.75) is 56.4 Å². The fraction of sp³-hybridized carbons (Fsp3) is 0.333. The molecular formula is C30H29F5N2O6S. The average Bonchev–Trinajstić information content (AvgIpc) is 3.53. The van der Waals surface area contributed by atoms with Crippen molar-refractivity contribution in [2.24, 2.45) is 0 Å². The Morgan fingerprint density at radius 3 is 1.98 bits per heavy atom. The maximum absolute atomic E-state index is 14.5. The Morgan fingerprint density at radius 1 is 0.886 bits per heavy atom. The van der Waals surface area contributed by atoms with Gasteiger partial charge in [-0.2, -0.15) is 4.31 Å². The highest BCUT2D eigenvalue weighted by molar-refractivity contribution is 7.89. The highest BCUT2D eigenvalue weighted by atomic mass is 32.2. The first kappa shape index (κ1) is 32.9. The van der Waals surface area contributed by atoms with E-state index in [-0.39, 0.29) is 18.7 Å². The Kier molecular flexibility index (Phi) is 9.94. The largest absolute Gasteiger partial charge is 0.507 e. The number of phenols is 1. The molecule has 236 valence electrons. The lowest BCUT2D eigenvalue weighted by Crippen LogP contribution is -2.43. The number of anilines is 1. The molecule has 14 heteroatoms. The third-order valence-corrected chi connectivity index (χ3v) is 9.39. The quantitative estimate of drug-likeness (QED) is 0.149. The van der Waals surface area contributed by atoms with Crippen LogP contribution >= 0.6 is 0 Å². The van der Waals surface area contributed by atoms with Gasteiger partial charge in [0.2, 0.25) is 21.7 Å². The number of carbonyl (C=O) groups excluding carboxylic acids is 1. The van der Waals surface area contributed by atoms with Crippen LogP contribution in [-0.2, 0) is 21.4 Å². The lowest BCUT2D eigenvalue weighted by Gasteiger charge is -2.28. The fourth-order valence-corrected chi connectivity index (χ4v) is 6.83. The molecule has 1 amide bonds. The summed E-state index contributed by atoms with van der Waals surface area (Å²) in [5, 5.41) is 19.6. The zero-order valence-corrected chi connectivity index (χ0v) is 24.3. The summed E-state index contributed by atoms with van der Waals surface area (Å²) in [5.74, 6) is -15.3. The molecule has 1 fully saturated rings. The van der Waals surface area contributed by atoms with Crippen LogP contribution in [-0.4, -0.2) is 47.9 Å². The number of hydrogen-bond donors (Lipinski definition) is 2. The van der Waals surface area contributed by atoms with E-state index in [0.29, 0.717) is 15.8 Å². The molecular weight excluding hydrogens is 611 g/mol. The number of halogens is 5. The average molecular weight is 641 g/mol. The van der Waals surface area contributed by atoms with Gasteiger partial charge in [0, 0.05) is 18.3 Å². The summed E-state index contributed by atoms with van der Waals surface area (Å²) in [4.78, 5) is 24.0. The molecule has 4 rings (SSSR count). The monoisotopic (exact) mass is 640 g/mol. The summed E-state index contributed by atoms with van der Waals surface area (Å²) in [6.45, 7) is -0.339. The van der Waals surface area contributed by atoms with Crippen LogP contribution in [0.25, 0.3) is 0 Å². The van der Waals surface area contributed by atoms with Gasteiger partial charge in [-0.25, -0.2) is 35.2 Å². The molecule has 1 saturated carbocycles. The molecule has 0 heterocycles. The van der Waals surface area contributed by atoms with E-state index in [4.69, 9.17) is 0 Å². The minimum Gasteiger partial charge on any atom is -0.507 e. The van der Waals surface area contributed by atoms with Gasteiger partial charge in [-0.15, -0.1) is 0 Å². The molecule has 0 aromatic heterocycles. The summed E-state index contributed by atoms with van der Waals surface area (Å²) in [6, 6.07) is 10.5. The third-order valence-electron chi connectivity index (χ3n) is 7.52. The molecule has 0 spiro atoms. The Morgan fingerprint density at radius 2 is 1.45 bits per heavy atom. The van der Waals surface area contributed by atoms with E-state index in [2.05, 4.69) is 0 Å². The minimum absolute atomic E-state index is 0.00136. The molecule has 0 atom stereocenters. The van der Waals surface area contributed by atoms with Gasteiger partial charge >= 0.3 is 5.97 Å². The van der Waals surface area contributed by atoms with Crippen LogP contribution in [0.4, 0.5) is 27.6 Å². The van der Waals surface area contributed by atoms with Crippen LogP contribution in [0.15, 0.2) is 47.4 Å². The van der Waals surface area contributed by atoms with E-state index in [9.17, 15) is 50.2 Å². The number of carboxylic acid groups (broad SMARTS) is 1. The highest BCUT2D eigenvalue weighted by Crippen LogP contribution is 2.35. The van der Waals surface area contributed by atoms with Crippen molar-refractivity contribution in [1.82, 2.24) is 4.31 Å². The Balaban J connectivity index is 1.72. The van der Waals surface area contributed by atoms with Crippen molar-refractivity contribution in [3.8, 4) is 5.75 Å². The number of amides is 1. The van der Waals surface area contributed by atoms with Crippen LogP contribution < -0.4 is 4.90 Å². The number of rotatable bonds is 11. The van der Waals surface area contributed by atoms with Crippen molar-refractivity contribution in [3.63, 3.8) is 0 Å². The molecule has 0 saturated heterocycles. The molecule has 0 unspecified atom stereocenters. The Labute approximate surface area is 250 Å². The minimum atomic E-state index is -5.45. The van der Waals surface area contributed by atoms with E-state index in [0.717, 1.165) is 48.3 Å². The lowest BCUT2D eigenvalue weighted by atomic mass is 9.96. The van der Waals surface area contributed by atoms with Crippen LogP contribution in [0.5, 0.6) is 5.75 Å². The van der Waals surface area contributed by atoms with E-state index >= 15 is 0 Å². The maximum atomic E-state index is 14.5. The Hall–Kier alpha value is -4.04. The van der Waals surface area contributed by atoms with Crippen molar-refractivity contribution in [2.75, 3.05) is 18.0 Å². The van der Waals surface area contributed by atoms with Crippen molar-refractivity contribution in [3.05, 3.63) is 88.2 Å². The fourth-order valence-electron chi connectivity index (χ4n) is 5.24. The summed E-state index contributed by atoms with van der Waals surface area (Å²) in [7, 11) is -5.45. The zero-order chi connectivity index (χ0) is 32.3. The first-order chi connectivity index (χ1) is 20.8. The summed E-state index contributed by atoms with van der Waals surface area (Å²) in [6.07, 6.45) is 4.33. The number of aromatic hydroxyl groups is 1. The van der Waals surface area contributed by atoms with Gasteiger partial charge in [-0.3, -0.25) is 4.79 Å². The first-order valence-electron chi connectivity index (χ1n) is 13.7. The van der Waals surface area contributed by atoms with Crippen LogP contribution in [0.1, 0.15) is 66.4 Å². The van der Waals surface area contributed by atoms with E-state index < -0.39 is 80.3 Å². The number of sulfonamides is 1. The van der Waals surface area contributed by atoms with E-state index in [1.807, 2.05) is 12.1 Å². The molecule has 3 aromatic rings.